The van der Waals surface area contributed by atoms with Crippen LogP contribution in [0.5, 0.6) is 5.75 Å². The third-order valence-electron chi connectivity index (χ3n) is 1.62. The zero-order chi connectivity index (χ0) is 9.84. The number of para-hydroxylation sites is 1. The molecule has 1 aromatic carbocycles. The second-order valence-corrected chi connectivity index (χ2v) is 2.79. The first-order chi connectivity index (χ1) is 6.16. The van der Waals surface area contributed by atoms with E-state index in [4.69, 9.17) is 5.26 Å². The van der Waals surface area contributed by atoms with E-state index in [2.05, 4.69) is 4.89 Å². The highest BCUT2D eigenvalue weighted by atomic mass is 17.1. The number of amides is 1. The number of nitrogens with zero attached hydrogens (tertiary/aromatic N) is 1. The third kappa shape index (κ3) is 1.97. The van der Waals surface area contributed by atoms with Crippen LogP contribution < -0.4 is 4.89 Å². The first-order valence-corrected chi connectivity index (χ1v) is 3.79. The molecular formula is C9H11NO3. The second-order valence-electron chi connectivity index (χ2n) is 2.79. The summed E-state index contributed by atoms with van der Waals surface area (Å²) in [4.78, 5) is 16.9. The van der Waals surface area contributed by atoms with E-state index in [-0.39, 0.29) is 11.7 Å². The summed E-state index contributed by atoms with van der Waals surface area (Å²) >= 11 is 0. The number of carbonyl (C=O) groups is 1. The number of benzene rings is 1. The molecule has 0 saturated carbocycles. The molecule has 0 unspecified atom stereocenters. The average Bonchev–Trinajstić information content (AvgIpc) is 2.16. The number of rotatable bonds is 2. The van der Waals surface area contributed by atoms with Crippen molar-refractivity contribution >= 4 is 5.91 Å². The highest BCUT2D eigenvalue weighted by molar-refractivity contribution is 5.96. The van der Waals surface area contributed by atoms with Crippen molar-refractivity contribution in [2.24, 2.45) is 0 Å². The molecule has 0 atom stereocenters. The van der Waals surface area contributed by atoms with Crippen LogP contribution in [-0.4, -0.2) is 30.2 Å². The van der Waals surface area contributed by atoms with E-state index < -0.39 is 0 Å². The van der Waals surface area contributed by atoms with Gasteiger partial charge in [-0.1, -0.05) is 12.1 Å². The maximum Gasteiger partial charge on any atom is 0.257 e. The molecule has 0 spiro atoms. The highest BCUT2D eigenvalue weighted by Gasteiger charge is 2.13. The summed E-state index contributed by atoms with van der Waals surface area (Å²) in [5.74, 6) is -0.0362. The van der Waals surface area contributed by atoms with Gasteiger partial charge in [-0.15, -0.1) is 0 Å². The molecule has 0 heterocycles. The summed E-state index contributed by atoms with van der Waals surface area (Å²) in [6.07, 6.45) is 0. The minimum atomic E-state index is -0.204. The Bertz CT molecular complexity index is 309. The molecule has 70 valence electrons. The van der Waals surface area contributed by atoms with Crippen LogP contribution in [0.3, 0.4) is 0 Å². The first kappa shape index (κ1) is 9.54. The van der Waals surface area contributed by atoms with Gasteiger partial charge in [0, 0.05) is 14.1 Å². The van der Waals surface area contributed by atoms with Crippen molar-refractivity contribution in [2.45, 2.75) is 0 Å². The van der Waals surface area contributed by atoms with E-state index in [0.29, 0.717) is 5.56 Å². The van der Waals surface area contributed by atoms with Crippen molar-refractivity contribution in [3.8, 4) is 5.75 Å². The number of carbonyl (C=O) groups excluding carboxylic acids is 1. The maximum atomic E-state index is 11.5. The molecule has 0 aliphatic rings. The van der Waals surface area contributed by atoms with Gasteiger partial charge in [0.2, 0.25) is 0 Å². The molecule has 1 amide bonds. The minimum absolute atomic E-state index is 0.168. The lowest BCUT2D eigenvalue weighted by Crippen LogP contribution is -2.22. The van der Waals surface area contributed by atoms with Gasteiger partial charge in [0.25, 0.3) is 5.91 Å². The predicted molar refractivity (Wildman–Crippen MR) is 47.7 cm³/mol. The van der Waals surface area contributed by atoms with Crippen LogP contribution in [0.2, 0.25) is 0 Å². The van der Waals surface area contributed by atoms with Crippen LogP contribution in [0.1, 0.15) is 10.4 Å². The highest BCUT2D eigenvalue weighted by Crippen LogP contribution is 2.17. The van der Waals surface area contributed by atoms with Crippen LogP contribution in [0.4, 0.5) is 0 Å². The normalized spacial score (nSPS) is 9.46. The second kappa shape index (κ2) is 3.91. The predicted octanol–water partition coefficient (Wildman–Crippen LogP) is 1.24. The Labute approximate surface area is 76.3 Å². The fourth-order valence-corrected chi connectivity index (χ4v) is 0.964. The van der Waals surface area contributed by atoms with Gasteiger partial charge in [-0.3, -0.25) is 4.79 Å². The molecule has 0 saturated heterocycles. The van der Waals surface area contributed by atoms with Crippen LogP contribution in [0.15, 0.2) is 24.3 Å². The standard InChI is InChI=1S/C9H11NO3/c1-10(2)9(11)7-5-3-4-6-8(7)13-12/h3-6,12H,1-2H3. The fraction of sp³-hybridized carbons (Fsp3) is 0.222. The lowest BCUT2D eigenvalue weighted by atomic mass is 10.2. The van der Waals surface area contributed by atoms with Crippen molar-refractivity contribution in [3.63, 3.8) is 0 Å². The molecule has 0 aromatic heterocycles. The van der Waals surface area contributed by atoms with Gasteiger partial charge >= 0.3 is 0 Å². The molecule has 13 heavy (non-hydrogen) atoms. The summed E-state index contributed by atoms with van der Waals surface area (Å²) in [6.45, 7) is 0. The summed E-state index contributed by atoms with van der Waals surface area (Å²) in [5, 5.41) is 8.48. The van der Waals surface area contributed by atoms with Crippen LogP contribution in [0, 0.1) is 0 Å². The minimum Gasteiger partial charge on any atom is -0.345 e. The number of hydrogen-bond donors (Lipinski definition) is 1. The molecule has 0 radical (unpaired) electrons. The smallest absolute Gasteiger partial charge is 0.257 e. The maximum absolute atomic E-state index is 11.5. The van der Waals surface area contributed by atoms with E-state index in [0.717, 1.165) is 0 Å². The third-order valence-corrected chi connectivity index (χ3v) is 1.62. The Kier molecular flexibility index (Phi) is 2.87. The van der Waals surface area contributed by atoms with Gasteiger partial charge in [-0.2, -0.15) is 0 Å². The van der Waals surface area contributed by atoms with Gasteiger partial charge in [0.1, 0.15) is 0 Å². The molecule has 0 aliphatic carbocycles. The first-order valence-electron chi connectivity index (χ1n) is 3.79. The Morgan fingerprint density at radius 3 is 2.54 bits per heavy atom. The van der Waals surface area contributed by atoms with Crippen molar-refractivity contribution < 1.29 is 14.9 Å². The zero-order valence-corrected chi connectivity index (χ0v) is 7.52. The molecule has 1 rings (SSSR count). The van der Waals surface area contributed by atoms with Crippen molar-refractivity contribution in [1.29, 1.82) is 0 Å². The summed E-state index contributed by atoms with van der Waals surface area (Å²) in [7, 11) is 3.27. The van der Waals surface area contributed by atoms with Gasteiger partial charge in [-0.05, 0) is 12.1 Å². The Morgan fingerprint density at radius 1 is 1.38 bits per heavy atom. The van der Waals surface area contributed by atoms with Gasteiger partial charge < -0.3 is 9.79 Å². The SMILES string of the molecule is CN(C)C(=O)c1ccccc1OO. The molecule has 0 fully saturated rings. The molecule has 4 nitrogen and oxygen atoms in total. The summed E-state index contributed by atoms with van der Waals surface area (Å²) in [6, 6.07) is 6.50. The van der Waals surface area contributed by atoms with Crippen molar-refractivity contribution in [3.05, 3.63) is 29.8 Å². The summed E-state index contributed by atoms with van der Waals surface area (Å²) < 4.78 is 0. The van der Waals surface area contributed by atoms with E-state index in [1.165, 1.54) is 11.0 Å². The summed E-state index contributed by atoms with van der Waals surface area (Å²) in [5.41, 5.74) is 0.343. The van der Waals surface area contributed by atoms with Gasteiger partial charge in [-0.25, -0.2) is 5.26 Å². The van der Waals surface area contributed by atoms with E-state index in [9.17, 15) is 4.79 Å². The molecular weight excluding hydrogens is 170 g/mol. The zero-order valence-electron chi connectivity index (χ0n) is 7.52. The largest absolute Gasteiger partial charge is 0.345 e. The Balaban J connectivity index is 3.06. The van der Waals surface area contributed by atoms with E-state index in [1.54, 1.807) is 32.3 Å². The van der Waals surface area contributed by atoms with Crippen LogP contribution in [-0.2, 0) is 0 Å². The van der Waals surface area contributed by atoms with Crippen LogP contribution >= 0.6 is 0 Å². The molecule has 0 bridgehead atoms. The van der Waals surface area contributed by atoms with Crippen molar-refractivity contribution in [1.82, 2.24) is 4.90 Å². The molecule has 1 N–H and O–H groups in total. The molecule has 0 aliphatic heterocycles. The quantitative estimate of drug-likeness (QED) is 0.551. The lowest BCUT2D eigenvalue weighted by molar-refractivity contribution is -0.138. The van der Waals surface area contributed by atoms with E-state index >= 15 is 0 Å². The fourth-order valence-electron chi connectivity index (χ4n) is 0.964. The molecule has 1 aromatic rings. The lowest BCUT2D eigenvalue weighted by Gasteiger charge is -2.11. The van der Waals surface area contributed by atoms with Crippen LogP contribution in [0.25, 0.3) is 0 Å². The van der Waals surface area contributed by atoms with Gasteiger partial charge in [0.15, 0.2) is 5.75 Å². The topological polar surface area (TPSA) is 49.8 Å². The number of hydrogen-bond acceptors (Lipinski definition) is 3. The van der Waals surface area contributed by atoms with Crippen molar-refractivity contribution in [2.75, 3.05) is 14.1 Å². The monoisotopic (exact) mass is 181 g/mol. The van der Waals surface area contributed by atoms with E-state index in [1.807, 2.05) is 0 Å². The Morgan fingerprint density at radius 2 is 2.00 bits per heavy atom. The molecule has 4 heteroatoms. The van der Waals surface area contributed by atoms with Gasteiger partial charge in [0.05, 0.1) is 5.56 Å². The Hall–Kier alpha value is -1.55. The average molecular weight is 181 g/mol.